The monoisotopic (exact) mass is 247 g/mol. The second-order valence-corrected chi connectivity index (χ2v) is 5.41. The minimum absolute atomic E-state index is 0.200. The van der Waals surface area contributed by atoms with E-state index in [9.17, 15) is 4.79 Å². The van der Waals surface area contributed by atoms with Crippen LogP contribution in [0.25, 0.3) is 0 Å². The molecule has 1 atom stereocenters. The molecule has 1 aromatic heterocycles. The van der Waals surface area contributed by atoms with Gasteiger partial charge in [0, 0.05) is 9.75 Å². The lowest BCUT2D eigenvalue weighted by molar-refractivity contribution is 0.212. The van der Waals surface area contributed by atoms with E-state index in [-0.39, 0.29) is 24.5 Å². The molecule has 0 aromatic carbocycles. The zero-order valence-corrected chi connectivity index (χ0v) is 10.5. The molecule has 2 N–H and O–H groups in total. The minimum atomic E-state index is -0.358. The van der Waals surface area contributed by atoms with E-state index in [1.54, 1.807) is 11.3 Å². The Labute approximate surface area is 104 Å². The lowest BCUT2D eigenvalue weighted by Crippen LogP contribution is -2.30. The van der Waals surface area contributed by atoms with Gasteiger partial charge in [-0.05, 0) is 25.5 Å². The van der Waals surface area contributed by atoms with Crippen molar-refractivity contribution in [2.75, 3.05) is 6.54 Å². The van der Waals surface area contributed by atoms with Crippen molar-refractivity contribution in [1.82, 2.24) is 10.2 Å². The summed E-state index contributed by atoms with van der Waals surface area (Å²) in [6.45, 7) is 4.23. The second kappa shape index (κ2) is 4.22. The largest absolute Gasteiger partial charge is 0.324 e. The summed E-state index contributed by atoms with van der Waals surface area (Å²) in [6.07, 6.45) is 5.26. The van der Waals surface area contributed by atoms with Gasteiger partial charge in [-0.2, -0.15) is 0 Å². The summed E-state index contributed by atoms with van der Waals surface area (Å²) < 4.78 is 0. The first-order valence-electron chi connectivity index (χ1n) is 5.21. The molecule has 1 aromatic rings. The Kier molecular flexibility index (Phi) is 2.90. The zero-order chi connectivity index (χ0) is 12.6. The summed E-state index contributed by atoms with van der Waals surface area (Å²) in [6, 6.07) is 1.37. The third kappa shape index (κ3) is 1.92. The van der Waals surface area contributed by atoms with Crippen molar-refractivity contribution in [2.24, 2.45) is 0 Å². The maximum absolute atomic E-state index is 11.7. The summed E-state index contributed by atoms with van der Waals surface area (Å²) in [5.74, 6) is 2.66. The standard InChI is InChI=1S/C12H13N3OS/c1-4-5-15-10(11(13)14-12(15)16)9-6-7(2)17-8(9)3/h1,6,10H,5H2,2-3H3,(H2,13,14,16). The predicted octanol–water partition coefficient (Wildman–Crippen LogP) is 2.04. The Balaban J connectivity index is 2.42. The van der Waals surface area contributed by atoms with Gasteiger partial charge < -0.3 is 0 Å². The Bertz CT molecular complexity index is 526. The number of rotatable bonds is 2. The molecule has 0 aliphatic carbocycles. The Morgan fingerprint density at radius 2 is 2.35 bits per heavy atom. The first-order chi connectivity index (χ1) is 8.04. The predicted molar refractivity (Wildman–Crippen MR) is 68.3 cm³/mol. The molecule has 1 fully saturated rings. The van der Waals surface area contributed by atoms with Gasteiger partial charge in [0.1, 0.15) is 11.9 Å². The van der Waals surface area contributed by atoms with E-state index < -0.39 is 0 Å². The lowest BCUT2D eigenvalue weighted by atomic mass is 10.1. The molecule has 4 nitrogen and oxygen atoms in total. The van der Waals surface area contributed by atoms with Crippen LogP contribution in [0.4, 0.5) is 4.79 Å². The van der Waals surface area contributed by atoms with Crippen molar-refractivity contribution < 1.29 is 4.79 Å². The molecule has 17 heavy (non-hydrogen) atoms. The average molecular weight is 247 g/mol. The number of thiophene rings is 1. The zero-order valence-electron chi connectivity index (χ0n) is 9.70. The number of urea groups is 1. The number of terminal acetylenes is 1. The third-order valence-electron chi connectivity index (χ3n) is 2.72. The molecule has 88 valence electrons. The number of aryl methyl sites for hydroxylation is 2. The van der Waals surface area contributed by atoms with E-state index in [0.717, 1.165) is 10.4 Å². The number of amides is 2. The van der Waals surface area contributed by atoms with Crippen LogP contribution in [0.2, 0.25) is 0 Å². The molecule has 1 aliphatic rings. The van der Waals surface area contributed by atoms with E-state index in [4.69, 9.17) is 11.8 Å². The number of amidine groups is 1. The van der Waals surface area contributed by atoms with Gasteiger partial charge in [-0.25, -0.2) is 4.79 Å². The molecule has 2 heterocycles. The number of carbonyl (C=O) groups excluding carboxylic acids is 1. The van der Waals surface area contributed by atoms with Gasteiger partial charge in [-0.15, -0.1) is 17.8 Å². The second-order valence-electron chi connectivity index (χ2n) is 3.95. The Morgan fingerprint density at radius 3 is 2.88 bits per heavy atom. The third-order valence-corrected chi connectivity index (χ3v) is 3.70. The molecule has 0 bridgehead atoms. The number of nitrogens with one attached hydrogen (secondary N) is 2. The van der Waals surface area contributed by atoms with Crippen LogP contribution in [0.1, 0.15) is 21.4 Å². The van der Waals surface area contributed by atoms with Crippen molar-refractivity contribution in [3.8, 4) is 12.3 Å². The highest BCUT2D eigenvalue weighted by Crippen LogP contribution is 2.32. The lowest BCUT2D eigenvalue weighted by Gasteiger charge is -2.20. The SMILES string of the molecule is C#CCN1C(=O)NC(=N)C1c1cc(C)sc1C. The summed E-state index contributed by atoms with van der Waals surface area (Å²) in [7, 11) is 0. The highest BCUT2D eigenvalue weighted by molar-refractivity contribution is 7.12. The maximum atomic E-state index is 11.7. The molecule has 5 heteroatoms. The van der Waals surface area contributed by atoms with Crippen LogP contribution in [0.3, 0.4) is 0 Å². The molecule has 1 saturated heterocycles. The van der Waals surface area contributed by atoms with E-state index in [1.807, 2.05) is 19.9 Å². The molecule has 0 spiro atoms. The fourth-order valence-corrected chi connectivity index (χ4v) is 2.99. The topological polar surface area (TPSA) is 56.2 Å². The summed E-state index contributed by atoms with van der Waals surface area (Å²) in [4.78, 5) is 15.5. The average Bonchev–Trinajstić information content (AvgIpc) is 2.69. The van der Waals surface area contributed by atoms with Gasteiger partial charge in [-0.3, -0.25) is 15.6 Å². The smallest absolute Gasteiger partial charge is 0.299 e. The van der Waals surface area contributed by atoms with Gasteiger partial charge >= 0.3 is 6.03 Å². The summed E-state index contributed by atoms with van der Waals surface area (Å²) >= 11 is 1.67. The van der Waals surface area contributed by atoms with Crippen LogP contribution in [0.5, 0.6) is 0 Å². The van der Waals surface area contributed by atoms with Gasteiger partial charge in [0.15, 0.2) is 0 Å². The van der Waals surface area contributed by atoms with E-state index in [0.29, 0.717) is 0 Å². The molecule has 0 saturated carbocycles. The molecule has 2 rings (SSSR count). The van der Waals surface area contributed by atoms with E-state index in [1.165, 1.54) is 9.78 Å². The van der Waals surface area contributed by atoms with Crippen molar-refractivity contribution in [2.45, 2.75) is 19.9 Å². The highest BCUT2D eigenvalue weighted by atomic mass is 32.1. The first-order valence-corrected chi connectivity index (χ1v) is 6.02. The van der Waals surface area contributed by atoms with Gasteiger partial charge in [0.05, 0.1) is 6.54 Å². The Hall–Kier alpha value is -1.80. The number of hydrogen-bond acceptors (Lipinski definition) is 3. The fraction of sp³-hybridized carbons (Fsp3) is 0.333. The van der Waals surface area contributed by atoms with Crippen LogP contribution in [-0.4, -0.2) is 23.3 Å². The first kappa shape index (κ1) is 11.7. The molecule has 0 radical (unpaired) electrons. The van der Waals surface area contributed by atoms with Crippen LogP contribution >= 0.6 is 11.3 Å². The van der Waals surface area contributed by atoms with E-state index in [2.05, 4.69) is 11.2 Å². The van der Waals surface area contributed by atoms with Gasteiger partial charge in [-0.1, -0.05) is 5.92 Å². The quantitative estimate of drug-likeness (QED) is 0.772. The molecule has 1 unspecified atom stereocenters. The van der Waals surface area contributed by atoms with Crippen LogP contribution in [0.15, 0.2) is 6.07 Å². The number of nitrogens with zero attached hydrogens (tertiary/aromatic N) is 1. The minimum Gasteiger partial charge on any atom is -0.299 e. The van der Waals surface area contributed by atoms with E-state index >= 15 is 0 Å². The van der Waals surface area contributed by atoms with Crippen molar-refractivity contribution in [1.29, 1.82) is 5.41 Å². The fourth-order valence-electron chi connectivity index (χ4n) is 2.04. The number of hydrogen-bond donors (Lipinski definition) is 2. The highest BCUT2D eigenvalue weighted by Gasteiger charge is 2.37. The normalized spacial score (nSPS) is 19.4. The Morgan fingerprint density at radius 1 is 1.65 bits per heavy atom. The number of carbonyl (C=O) groups is 1. The van der Waals surface area contributed by atoms with Crippen molar-refractivity contribution in [3.63, 3.8) is 0 Å². The van der Waals surface area contributed by atoms with Crippen LogP contribution < -0.4 is 5.32 Å². The van der Waals surface area contributed by atoms with Gasteiger partial charge in [0.25, 0.3) is 0 Å². The molecule has 1 aliphatic heterocycles. The van der Waals surface area contributed by atoms with Crippen molar-refractivity contribution in [3.05, 3.63) is 21.4 Å². The van der Waals surface area contributed by atoms with Crippen LogP contribution in [0, 0.1) is 31.6 Å². The van der Waals surface area contributed by atoms with Crippen LogP contribution in [-0.2, 0) is 0 Å². The van der Waals surface area contributed by atoms with Gasteiger partial charge in [0.2, 0.25) is 0 Å². The molecular formula is C12H13N3OS. The van der Waals surface area contributed by atoms with Crippen molar-refractivity contribution >= 4 is 23.2 Å². The summed E-state index contributed by atoms with van der Waals surface area (Å²) in [5, 5.41) is 10.4. The summed E-state index contributed by atoms with van der Waals surface area (Å²) in [5.41, 5.74) is 0.992. The maximum Gasteiger partial charge on any atom is 0.324 e. The molecule has 2 amide bonds. The molecular weight excluding hydrogens is 234 g/mol.